The average Bonchev–Trinajstić information content (AvgIpc) is 3.23. The molecule has 0 radical (unpaired) electrons. The van der Waals surface area contributed by atoms with Gasteiger partial charge < -0.3 is 24.9 Å². The number of rotatable bonds is 15. The van der Waals surface area contributed by atoms with Crippen molar-refractivity contribution in [1.29, 1.82) is 0 Å². The molecule has 2 fully saturated rings. The summed E-state index contributed by atoms with van der Waals surface area (Å²) in [5, 5.41) is 21.9. The van der Waals surface area contributed by atoms with Gasteiger partial charge in [0.2, 0.25) is 5.91 Å². The van der Waals surface area contributed by atoms with Gasteiger partial charge in [0.25, 0.3) is 0 Å². The molecule has 2 aliphatic heterocycles. The van der Waals surface area contributed by atoms with E-state index in [4.69, 9.17) is 24.4 Å². The molecule has 10 heteroatoms. The zero-order valence-electron chi connectivity index (χ0n) is 23.0. The van der Waals surface area contributed by atoms with Gasteiger partial charge in [0.15, 0.2) is 5.11 Å². The molecule has 36 heavy (non-hydrogen) atoms. The van der Waals surface area contributed by atoms with E-state index in [0.29, 0.717) is 51.7 Å². The molecule has 2 saturated heterocycles. The van der Waals surface area contributed by atoms with Crippen molar-refractivity contribution in [3.8, 4) is 0 Å². The first-order chi connectivity index (χ1) is 16.7. The van der Waals surface area contributed by atoms with Gasteiger partial charge in [-0.05, 0) is 75.4 Å². The second-order valence-electron chi connectivity index (χ2n) is 11.8. The lowest BCUT2D eigenvalue weighted by atomic mass is 9.84. The maximum Gasteiger partial charge on any atom is 0.327 e. The minimum atomic E-state index is -0.525. The molecule has 2 atom stereocenters. The minimum Gasteiger partial charge on any atom is -0.393 e. The van der Waals surface area contributed by atoms with Crippen LogP contribution < -0.4 is 0 Å². The lowest BCUT2D eigenvalue weighted by Gasteiger charge is -2.32. The molecule has 3 amide bonds. The molecule has 0 aromatic heterocycles. The molecule has 0 aliphatic carbocycles. The van der Waals surface area contributed by atoms with E-state index < -0.39 is 12.2 Å². The van der Waals surface area contributed by atoms with Crippen molar-refractivity contribution in [3.05, 3.63) is 0 Å². The lowest BCUT2D eigenvalue weighted by molar-refractivity contribution is -0.126. The monoisotopic (exact) mass is 542 g/mol. The standard InChI is InChI=1S/C26H46N4O4S2/c1-7-27-15-21(33)29(23(27)34)17-25(3,4)13-11-19(31)9-10-20(32)12-14-26(5,6)18-30-22(35)16-28(8-2)24(30)36/h19-20,31-32H,7-18H2,1-6H3. The van der Waals surface area contributed by atoms with Crippen molar-refractivity contribution in [2.45, 2.75) is 92.3 Å². The number of aliphatic hydroxyl groups excluding tert-OH is 2. The number of hydrogen-bond donors (Lipinski definition) is 2. The third kappa shape index (κ3) is 8.60. The van der Waals surface area contributed by atoms with Crippen LogP contribution in [-0.4, -0.2) is 103 Å². The van der Waals surface area contributed by atoms with E-state index in [-0.39, 0.29) is 29.3 Å². The van der Waals surface area contributed by atoms with Gasteiger partial charge in [-0.3, -0.25) is 9.69 Å². The van der Waals surface area contributed by atoms with Gasteiger partial charge in [0.1, 0.15) is 11.5 Å². The highest BCUT2D eigenvalue weighted by Gasteiger charge is 2.38. The van der Waals surface area contributed by atoms with Crippen LogP contribution in [0.3, 0.4) is 0 Å². The zero-order chi connectivity index (χ0) is 27.3. The second kappa shape index (κ2) is 12.9. The first-order valence-corrected chi connectivity index (χ1v) is 14.1. The Kier molecular flexibility index (Phi) is 11.1. The molecule has 0 aromatic rings. The lowest BCUT2D eigenvalue weighted by Crippen LogP contribution is -2.40. The van der Waals surface area contributed by atoms with Gasteiger partial charge in [-0.1, -0.05) is 39.9 Å². The van der Waals surface area contributed by atoms with Crippen LogP contribution in [-0.2, 0) is 4.79 Å². The van der Waals surface area contributed by atoms with Gasteiger partial charge in [-0.25, -0.2) is 4.79 Å². The number of hydrogen-bond acceptors (Lipinski definition) is 6. The summed E-state index contributed by atoms with van der Waals surface area (Å²) < 4.78 is 0. The van der Waals surface area contributed by atoms with Crippen LogP contribution in [0.2, 0.25) is 0 Å². The van der Waals surface area contributed by atoms with Crippen molar-refractivity contribution < 1.29 is 19.8 Å². The number of imide groups is 1. The molecule has 0 bridgehead atoms. The van der Waals surface area contributed by atoms with Crippen LogP contribution in [0, 0.1) is 10.8 Å². The molecule has 8 nitrogen and oxygen atoms in total. The van der Waals surface area contributed by atoms with E-state index in [2.05, 4.69) is 30.6 Å². The fraction of sp³-hybridized carbons (Fsp3) is 0.846. The summed E-state index contributed by atoms with van der Waals surface area (Å²) in [6, 6.07) is -0.224. The molecule has 2 aliphatic rings. The SMILES string of the molecule is CCN1CC(=O)N(CC(C)(C)CCC(O)CCC(O)CCC(C)(C)CN2C(=S)CN(CC)C2=S)C1=O. The summed E-state index contributed by atoms with van der Waals surface area (Å²) in [5.74, 6) is -0.155. The van der Waals surface area contributed by atoms with Crippen LogP contribution in [0.1, 0.15) is 80.1 Å². The highest BCUT2D eigenvalue weighted by molar-refractivity contribution is 7.82. The van der Waals surface area contributed by atoms with Crippen LogP contribution in [0.4, 0.5) is 4.79 Å². The van der Waals surface area contributed by atoms with Crippen molar-refractivity contribution >= 4 is 46.5 Å². The van der Waals surface area contributed by atoms with Crippen molar-refractivity contribution in [1.82, 2.24) is 19.6 Å². The molecule has 206 valence electrons. The number of urea groups is 1. The van der Waals surface area contributed by atoms with Crippen molar-refractivity contribution in [2.75, 3.05) is 39.3 Å². The predicted octanol–water partition coefficient (Wildman–Crippen LogP) is 3.64. The maximum absolute atomic E-state index is 12.4. The molecule has 2 rings (SSSR count). The predicted molar refractivity (Wildman–Crippen MR) is 151 cm³/mol. The number of carbonyl (C=O) groups excluding carboxylic acids is 2. The number of thiocarbonyl (C=S) groups is 2. The Morgan fingerprint density at radius 1 is 0.778 bits per heavy atom. The summed E-state index contributed by atoms with van der Waals surface area (Å²) in [4.78, 5) is 32.5. The van der Waals surface area contributed by atoms with Crippen LogP contribution in [0.5, 0.6) is 0 Å². The zero-order valence-corrected chi connectivity index (χ0v) is 24.6. The third-order valence-corrected chi connectivity index (χ3v) is 8.16. The Balaban J connectivity index is 1.71. The Morgan fingerprint density at radius 3 is 1.67 bits per heavy atom. The fourth-order valence-electron chi connectivity index (χ4n) is 4.80. The first-order valence-electron chi connectivity index (χ1n) is 13.2. The minimum absolute atomic E-state index is 0.0563. The maximum atomic E-state index is 12.4. The van der Waals surface area contributed by atoms with Gasteiger partial charge >= 0.3 is 6.03 Å². The normalized spacial score (nSPS) is 19.2. The molecule has 2 unspecified atom stereocenters. The van der Waals surface area contributed by atoms with Crippen molar-refractivity contribution in [3.63, 3.8) is 0 Å². The Labute approximate surface area is 228 Å². The van der Waals surface area contributed by atoms with E-state index in [0.717, 1.165) is 29.6 Å². The summed E-state index contributed by atoms with van der Waals surface area (Å²) in [6.07, 6.45) is 2.80. The van der Waals surface area contributed by atoms with Crippen LogP contribution in [0.15, 0.2) is 0 Å². The summed E-state index contributed by atoms with van der Waals surface area (Å²) in [7, 11) is 0. The smallest absolute Gasteiger partial charge is 0.327 e. The highest BCUT2D eigenvalue weighted by atomic mass is 32.1. The van der Waals surface area contributed by atoms with E-state index in [1.54, 1.807) is 4.90 Å². The summed E-state index contributed by atoms with van der Waals surface area (Å²) >= 11 is 11.1. The third-order valence-electron chi connectivity index (χ3n) is 7.33. The average molecular weight is 543 g/mol. The second-order valence-corrected chi connectivity index (χ2v) is 12.7. The Bertz CT molecular complexity index is 754. The van der Waals surface area contributed by atoms with E-state index >= 15 is 0 Å². The van der Waals surface area contributed by atoms with Gasteiger partial charge in [0.05, 0.1) is 18.8 Å². The molecule has 0 spiro atoms. The molecular weight excluding hydrogens is 496 g/mol. The quantitative estimate of drug-likeness (QED) is 0.240. The Hall–Kier alpha value is -1.36. The molecular formula is C26H46N4O4S2. The topological polar surface area (TPSA) is 87.6 Å². The number of aliphatic hydroxyl groups is 2. The van der Waals surface area contributed by atoms with Gasteiger partial charge in [0, 0.05) is 26.2 Å². The van der Waals surface area contributed by atoms with E-state index in [9.17, 15) is 19.8 Å². The van der Waals surface area contributed by atoms with E-state index in [1.807, 2.05) is 20.8 Å². The Morgan fingerprint density at radius 2 is 1.25 bits per heavy atom. The largest absolute Gasteiger partial charge is 0.393 e. The highest BCUT2D eigenvalue weighted by Crippen LogP contribution is 2.30. The molecule has 0 aromatic carbocycles. The summed E-state index contributed by atoms with van der Waals surface area (Å²) in [5.41, 5.74) is -0.345. The van der Waals surface area contributed by atoms with Crippen molar-refractivity contribution in [2.24, 2.45) is 10.8 Å². The van der Waals surface area contributed by atoms with Crippen LogP contribution >= 0.6 is 24.4 Å². The van der Waals surface area contributed by atoms with Crippen LogP contribution in [0.25, 0.3) is 0 Å². The van der Waals surface area contributed by atoms with E-state index in [1.165, 1.54) is 4.90 Å². The molecule has 2 heterocycles. The number of likely N-dealkylation sites (N-methyl/N-ethyl adjacent to an activating group) is 2. The fourth-order valence-corrected chi connectivity index (χ4v) is 5.53. The number of amides is 3. The van der Waals surface area contributed by atoms with Gasteiger partial charge in [-0.2, -0.15) is 0 Å². The number of nitrogens with zero attached hydrogens (tertiary/aromatic N) is 4. The molecule has 2 N–H and O–H groups in total. The first kappa shape index (κ1) is 30.9. The number of carbonyl (C=O) groups is 2. The molecule has 0 saturated carbocycles. The van der Waals surface area contributed by atoms with Gasteiger partial charge in [-0.15, -0.1) is 0 Å². The summed E-state index contributed by atoms with van der Waals surface area (Å²) in [6.45, 7) is 15.6.